The van der Waals surface area contributed by atoms with Crippen LogP contribution in [0, 0.1) is 0 Å². The summed E-state index contributed by atoms with van der Waals surface area (Å²) in [5, 5.41) is 11.0. The molecular formula is C18H15N5O2. The van der Waals surface area contributed by atoms with Gasteiger partial charge in [-0.05, 0) is 36.4 Å². The van der Waals surface area contributed by atoms with Gasteiger partial charge in [0.2, 0.25) is 0 Å². The maximum absolute atomic E-state index is 12.1. The zero-order valence-corrected chi connectivity index (χ0v) is 13.5. The van der Waals surface area contributed by atoms with Gasteiger partial charge >= 0.3 is 0 Å². The van der Waals surface area contributed by atoms with Crippen LogP contribution in [0.3, 0.4) is 0 Å². The van der Waals surface area contributed by atoms with E-state index in [1.807, 2.05) is 6.07 Å². The first kappa shape index (κ1) is 16.3. The molecule has 0 atom stereocenters. The van der Waals surface area contributed by atoms with E-state index in [0.717, 1.165) is 0 Å². The van der Waals surface area contributed by atoms with Crippen molar-refractivity contribution in [3.8, 4) is 5.75 Å². The van der Waals surface area contributed by atoms with Crippen LogP contribution in [0.25, 0.3) is 0 Å². The molecule has 124 valence electrons. The number of azo groups is 1. The van der Waals surface area contributed by atoms with Gasteiger partial charge in [-0.25, -0.2) is 4.98 Å². The van der Waals surface area contributed by atoms with Gasteiger partial charge in [0.1, 0.15) is 17.1 Å². The van der Waals surface area contributed by atoms with Crippen LogP contribution in [0.1, 0.15) is 10.5 Å². The van der Waals surface area contributed by atoms with Crippen molar-refractivity contribution in [2.45, 2.75) is 0 Å². The molecule has 0 saturated heterocycles. The Kier molecular flexibility index (Phi) is 5.06. The fourth-order valence-corrected chi connectivity index (χ4v) is 2.05. The second-order valence-electron chi connectivity index (χ2n) is 4.94. The highest BCUT2D eigenvalue weighted by molar-refractivity contribution is 6.03. The Morgan fingerprint density at radius 1 is 1.00 bits per heavy atom. The molecule has 0 aliphatic heterocycles. The summed E-state index contributed by atoms with van der Waals surface area (Å²) in [4.78, 5) is 20.2. The standard InChI is InChI=1S/C18H15N5O2/c1-25-16-12-13(21-18(24)15-6-2-4-10-19-15)8-9-14(16)22-23-17-7-3-5-11-20-17/h2-12H,1H3,(H,21,24). The van der Waals surface area contributed by atoms with Gasteiger partial charge in [0.25, 0.3) is 5.91 Å². The van der Waals surface area contributed by atoms with Gasteiger partial charge < -0.3 is 10.1 Å². The summed E-state index contributed by atoms with van der Waals surface area (Å²) in [5.41, 5.74) is 1.44. The van der Waals surface area contributed by atoms with Crippen molar-refractivity contribution in [3.63, 3.8) is 0 Å². The predicted octanol–water partition coefficient (Wildman–Crippen LogP) is 4.15. The number of hydrogen-bond donors (Lipinski definition) is 1. The second-order valence-corrected chi connectivity index (χ2v) is 4.94. The third-order valence-corrected chi connectivity index (χ3v) is 3.24. The summed E-state index contributed by atoms with van der Waals surface area (Å²) in [5.74, 6) is 0.682. The molecule has 1 aromatic carbocycles. The average molecular weight is 333 g/mol. The molecule has 0 unspecified atom stereocenters. The lowest BCUT2D eigenvalue weighted by molar-refractivity contribution is 0.102. The van der Waals surface area contributed by atoms with E-state index >= 15 is 0 Å². The molecule has 0 aliphatic rings. The lowest BCUT2D eigenvalue weighted by Crippen LogP contribution is -2.13. The van der Waals surface area contributed by atoms with Crippen LogP contribution in [-0.2, 0) is 0 Å². The number of nitrogens with zero attached hydrogens (tertiary/aromatic N) is 4. The molecule has 0 aliphatic carbocycles. The van der Waals surface area contributed by atoms with Crippen molar-refractivity contribution in [2.75, 3.05) is 12.4 Å². The number of nitrogens with one attached hydrogen (secondary N) is 1. The minimum Gasteiger partial charge on any atom is -0.494 e. The van der Waals surface area contributed by atoms with Gasteiger partial charge in [0.15, 0.2) is 5.82 Å². The Hall–Kier alpha value is -3.61. The third-order valence-electron chi connectivity index (χ3n) is 3.24. The Bertz CT molecular complexity index is 882. The van der Waals surface area contributed by atoms with Crippen LogP contribution >= 0.6 is 0 Å². The Morgan fingerprint density at radius 2 is 1.80 bits per heavy atom. The van der Waals surface area contributed by atoms with Gasteiger partial charge in [-0.1, -0.05) is 12.1 Å². The van der Waals surface area contributed by atoms with E-state index in [9.17, 15) is 4.79 Å². The maximum Gasteiger partial charge on any atom is 0.274 e. The van der Waals surface area contributed by atoms with E-state index in [1.165, 1.54) is 7.11 Å². The smallest absolute Gasteiger partial charge is 0.274 e. The first-order valence-corrected chi connectivity index (χ1v) is 7.49. The van der Waals surface area contributed by atoms with E-state index in [4.69, 9.17) is 4.74 Å². The fraction of sp³-hybridized carbons (Fsp3) is 0.0556. The van der Waals surface area contributed by atoms with Crippen molar-refractivity contribution in [3.05, 3.63) is 72.7 Å². The number of anilines is 1. The number of rotatable bonds is 5. The van der Waals surface area contributed by atoms with Gasteiger partial charge in [0.05, 0.1) is 7.11 Å². The van der Waals surface area contributed by atoms with Crippen molar-refractivity contribution in [1.82, 2.24) is 9.97 Å². The van der Waals surface area contributed by atoms with Crippen molar-refractivity contribution < 1.29 is 9.53 Å². The number of benzene rings is 1. The highest BCUT2D eigenvalue weighted by Gasteiger charge is 2.09. The molecule has 0 bridgehead atoms. The Labute approximate surface area is 144 Å². The summed E-state index contributed by atoms with van der Waals surface area (Å²) in [7, 11) is 1.53. The van der Waals surface area contributed by atoms with Crippen molar-refractivity contribution in [2.24, 2.45) is 10.2 Å². The maximum atomic E-state index is 12.1. The highest BCUT2D eigenvalue weighted by atomic mass is 16.5. The molecule has 3 rings (SSSR count). The molecule has 1 N–H and O–H groups in total. The summed E-state index contributed by atoms with van der Waals surface area (Å²) in [6, 6.07) is 15.6. The zero-order chi connectivity index (χ0) is 17.5. The van der Waals surface area contributed by atoms with Crippen molar-refractivity contribution >= 4 is 23.1 Å². The largest absolute Gasteiger partial charge is 0.494 e. The summed E-state index contributed by atoms with van der Waals surface area (Å²) in [6.45, 7) is 0. The Balaban J connectivity index is 1.78. The summed E-state index contributed by atoms with van der Waals surface area (Å²) < 4.78 is 5.32. The zero-order valence-electron chi connectivity index (χ0n) is 13.5. The van der Waals surface area contributed by atoms with E-state index in [1.54, 1.807) is 60.9 Å². The number of carbonyl (C=O) groups is 1. The molecule has 2 heterocycles. The molecule has 0 radical (unpaired) electrons. The number of carbonyl (C=O) groups excluding carboxylic acids is 1. The molecule has 0 spiro atoms. The fourth-order valence-electron chi connectivity index (χ4n) is 2.05. The first-order valence-electron chi connectivity index (χ1n) is 7.49. The minimum absolute atomic E-state index is 0.300. The van der Waals surface area contributed by atoms with Crippen LogP contribution in [0.4, 0.5) is 17.2 Å². The number of ether oxygens (including phenoxy) is 1. The number of amides is 1. The second kappa shape index (κ2) is 7.78. The van der Waals surface area contributed by atoms with E-state index in [2.05, 4.69) is 25.5 Å². The van der Waals surface area contributed by atoms with E-state index < -0.39 is 0 Å². The molecule has 0 saturated carbocycles. The Morgan fingerprint density at radius 3 is 2.48 bits per heavy atom. The minimum atomic E-state index is -0.300. The number of pyridine rings is 2. The summed E-state index contributed by atoms with van der Waals surface area (Å²) >= 11 is 0. The van der Waals surface area contributed by atoms with Crippen molar-refractivity contribution in [1.29, 1.82) is 0 Å². The molecule has 7 nitrogen and oxygen atoms in total. The molecule has 3 aromatic rings. The summed E-state index contributed by atoms with van der Waals surface area (Å²) in [6.07, 6.45) is 3.21. The predicted molar refractivity (Wildman–Crippen MR) is 93.6 cm³/mol. The highest BCUT2D eigenvalue weighted by Crippen LogP contribution is 2.31. The lowest BCUT2D eigenvalue weighted by atomic mass is 10.2. The molecule has 25 heavy (non-hydrogen) atoms. The number of hydrogen-bond acceptors (Lipinski definition) is 6. The first-order chi connectivity index (χ1) is 12.3. The van der Waals surface area contributed by atoms with Crippen LogP contribution in [0.2, 0.25) is 0 Å². The molecule has 0 fully saturated rings. The van der Waals surface area contributed by atoms with Crippen LogP contribution in [-0.4, -0.2) is 23.0 Å². The van der Waals surface area contributed by atoms with Gasteiger partial charge in [-0.3, -0.25) is 9.78 Å². The molecule has 1 amide bonds. The van der Waals surface area contributed by atoms with Gasteiger partial charge in [-0.2, -0.15) is 0 Å². The average Bonchev–Trinajstić information content (AvgIpc) is 2.68. The van der Waals surface area contributed by atoms with E-state index in [-0.39, 0.29) is 5.91 Å². The van der Waals surface area contributed by atoms with E-state index in [0.29, 0.717) is 28.6 Å². The third kappa shape index (κ3) is 4.23. The molecule has 7 heteroatoms. The van der Waals surface area contributed by atoms with Gasteiger partial charge in [-0.15, -0.1) is 10.2 Å². The van der Waals surface area contributed by atoms with Crippen LogP contribution in [0.5, 0.6) is 5.75 Å². The topological polar surface area (TPSA) is 88.8 Å². The lowest BCUT2D eigenvalue weighted by Gasteiger charge is -2.08. The van der Waals surface area contributed by atoms with Gasteiger partial charge in [0, 0.05) is 24.1 Å². The number of aromatic nitrogens is 2. The molecular weight excluding hydrogens is 318 g/mol. The monoisotopic (exact) mass is 333 g/mol. The van der Waals surface area contributed by atoms with Crippen LogP contribution in [0.15, 0.2) is 77.2 Å². The van der Waals surface area contributed by atoms with Crippen LogP contribution < -0.4 is 10.1 Å². The normalized spacial score (nSPS) is 10.6. The quantitative estimate of drug-likeness (QED) is 0.710. The number of methoxy groups -OCH3 is 1. The molecule has 2 aromatic heterocycles. The SMILES string of the molecule is COc1cc(NC(=O)c2ccccn2)ccc1N=Nc1ccccn1.